The van der Waals surface area contributed by atoms with E-state index in [-0.39, 0.29) is 0 Å². The summed E-state index contributed by atoms with van der Waals surface area (Å²) >= 11 is 0. The first-order chi connectivity index (χ1) is 67.1. The van der Waals surface area contributed by atoms with Crippen molar-refractivity contribution in [2.24, 2.45) is 0 Å². The van der Waals surface area contributed by atoms with Crippen molar-refractivity contribution in [3.8, 4) is 66.8 Å². The third-order valence-corrected chi connectivity index (χ3v) is 24.6. The third kappa shape index (κ3) is 18.2. The van der Waals surface area contributed by atoms with Crippen LogP contribution < -0.4 is 0 Å². The molecule has 27 rings (SSSR count). The highest BCUT2D eigenvalue weighted by molar-refractivity contribution is 6.19. The molecule has 6 nitrogen and oxygen atoms in total. The molecule has 0 saturated carbocycles. The van der Waals surface area contributed by atoms with E-state index in [2.05, 4.69) is 304 Å². The molecule has 6 aromatic heterocycles. The van der Waals surface area contributed by atoms with Crippen molar-refractivity contribution in [1.29, 1.82) is 0 Å². The smallest absolute Gasteiger partial charge is 0.146 e. The van der Waals surface area contributed by atoms with Gasteiger partial charge >= 0.3 is 0 Å². The van der Waals surface area contributed by atoms with Gasteiger partial charge in [0.15, 0.2) is 0 Å². The van der Waals surface area contributed by atoms with E-state index in [0.29, 0.717) is 0 Å². The Kier molecular flexibility index (Phi) is 37.7. The minimum atomic E-state index is 0.959. The lowest BCUT2D eigenvalue weighted by molar-refractivity contribution is 1.21. The molecule has 0 spiro atoms. The first-order valence-electron chi connectivity index (χ1n) is 52.0. The Balaban J connectivity index is 0.000000184. The van der Waals surface area contributed by atoms with Gasteiger partial charge in [-0.15, -0.1) is 0 Å². The second-order valence-electron chi connectivity index (χ2n) is 29.9. The first-order valence-corrected chi connectivity index (χ1v) is 52.0. The molecule has 0 amide bonds. The Bertz CT molecular complexity index is 7610. The summed E-state index contributed by atoms with van der Waals surface area (Å²) in [6.07, 6.45) is 6.01. The van der Waals surface area contributed by atoms with Crippen LogP contribution in [-0.2, 0) is 38.5 Å². The van der Waals surface area contributed by atoms with E-state index >= 15 is 0 Å². The van der Waals surface area contributed by atoms with E-state index in [0.717, 1.165) is 72.0 Å². The summed E-state index contributed by atoms with van der Waals surface area (Å²) in [6.45, 7) is 60.0. The number of hydrogen-bond donors (Lipinski definition) is 0. The molecule has 21 aromatic rings. The van der Waals surface area contributed by atoms with E-state index in [4.69, 9.17) is 15.0 Å². The minimum Gasteiger partial charge on any atom is -0.291 e. The number of fused-ring (bicyclic) bond motifs is 46. The van der Waals surface area contributed by atoms with E-state index in [1.54, 1.807) is 0 Å². The standard InChI is InChI=1S/3C33H20N2.15C2H6/c1-2-8-23-19(7-1)15-21-18-28-22(17-27(21)23)16-20-13-14-29-32(31(20)28)35-30-12-6-5-10-25(30)24-9-3-4-11-26(24)33(35)34-29;1-2-8-23-19(7-1)15-21-17-22-16-20-13-14-29-32(31(20)28(22)18-27(21)23)35-30-12-6-5-10-25(30)24-9-3-4-11-26(24)33(35)34-29;1-2-8-21-19(7-1)17-27-23(21)14-13-20-18-28-25(31(20)27)15-16-29-32(28)35-30-12-6-5-10-24(30)22-9-3-4-11-26(22)33(35)34-29;15*1-2/h2*1-14,17-18H,15-16H2;1-16H,17-18H2;15*1-2H3. The predicted molar refractivity (Wildman–Crippen MR) is 603 cm³/mol. The Hall–Kier alpha value is -13.3. The molecule has 135 heavy (non-hydrogen) atoms. The summed E-state index contributed by atoms with van der Waals surface area (Å²) < 4.78 is 7.26. The minimum absolute atomic E-state index is 0.959. The van der Waals surface area contributed by atoms with Gasteiger partial charge < -0.3 is 0 Å². The molecule has 0 fully saturated rings. The zero-order chi connectivity index (χ0) is 98.0. The van der Waals surface area contributed by atoms with Gasteiger partial charge in [0, 0.05) is 49.9 Å². The number of aromatic nitrogens is 6. The number of benzene rings is 15. The number of hydrogen-bond acceptors (Lipinski definition) is 3. The zero-order valence-electron chi connectivity index (χ0n) is 87.1. The first kappa shape index (κ1) is 104. The molecule has 0 saturated heterocycles. The van der Waals surface area contributed by atoms with Gasteiger partial charge in [-0.05, 0) is 225 Å². The van der Waals surface area contributed by atoms with Crippen molar-refractivity contribution >= 4 is 115 Å². The van der Waals surface area contributed by atoms with Gasteiger partial charge in [-0.2, -0.15) is 0 Å². The second-order valence-corrected chi connectivity index (χ2v) is 29.9. The van der Waals surface area contributed by atoms with Crippen LogP contribution in [0.25, 0.3) is 182 Å². The molecule has 0 unspecified atom stereocenters. The molecule has 0 N–H and O–H groups in total. The number of para-hydroxylation sites is 3. The van der Waals surface area contributed by atoms with Crippen molar-refractivity contribution < 1.29 is 0 Å². The lowest BCUT2D eigenvalue weighted by Crippen LogP contribution is -1.93. The second kappa shape index (κ2) is 49.1. The summed E-state index contributed by atoms with van der Waals surface area (Å²) in [5, 5.41) is 11.2. The lowest BCUT2D eigenvalue weighted by Gasteiger charge is -2.11. The van der Waals surface area contributed by atoms with Crippen LogP contribution in [0.2, 0.25) is 0 Å². The van der Waals surface area contributed by atoms with Gasteiger partial charge in [-0.3, -0.25) is 13.2 Å². The summed E-state index contributed by atoms with van der Waals surface area (Å²) in [7, 11) is 0. The van der Waals surface area contributed by atoms with Gasteiger partial charge in [0.1, 0.15) is 16.9 Å². The Morgan fingerprint density at radius 1 is 0.163 bits per heavy atom. The van der Waals surface area contributed by atoms with Crippen molar-refractivity contribution in [2.75, 3.05) is 0 Å². The zero-order valence-corrected chi connectivity index (χ0v) is 87.1. The van der Waals surface area contributed by atoms with E-state index in [1.807, 2.05) is 208 Å². The van der Waals surface area contributed by atoms with Crippen LogP contribution in [0.3, 0.4) is 0 Å². The van der Waals surface area contributed by atoms with E-state index in [1.165, 1.54) is 215 Å². The van der Waals surface area contributed by atoms with Crippen molar-refractivity contribution in [3.63, 3.8) is 0 Å². The van der Waals surface area contributed by atoms with Crippen molar-refractivity contribution in [3.05, 3.63) is 358 Å². The molecule has 6 heteroatoms. The summed E-state index contributed by atoms with van der Waals surface area (Å²) in [6, 6.07) is 107. The fourth-order valence-electron chi connectivity index (χ4n) is 20.2. The Labute approximate surface area is 808 Å². The molecule has 0 radical (unpaired) electrons. The van der Waals surface area contributed by atoms with Crippen LogP contribution in [0.4, 0.5) is 0 Å². The van der Waals surface area contributed by atoms with Crippen LogP contribution >= 0.6 is 0 Å². The molecule has 6 aliphatic carbocycles. The maximum Gasteiger partial charge on any atom is 0.146 e. The molecular formula is C129H150N6. The SMILES string of the molecule is CC.CC.CC.CC.CC.CC.CC.CC.CC.CC.CC.CC.CC.CC.CC.c1ccc2c(c1)Cc1c-2ccc2c1-c1ccc3nc4c5ccccc5c5ccccc5n4c3c1C2.c1ccc2c(c1)Cc1cc3c(cc1-2)-c1c(ccc2nc4c5ccccc5c5ccccc5n4c12)C3.c1ccc2c(c1)Cc1cc3c(cc1-2)Cc1ccc2nc4c5ccccc5c5ccccc5n4c2c1-3. The number of nitrogens with zero attached hydrogens (tertiary/aromatic N) is 6. The fraction of sp³-hybridized carbons (Fsp3) is 0.279. The quantitative estimate of drug-likeness (QED) is 0.142. The summed E-state index contributed by atoms with van der Waals surface area (Å²) in [4.78, 5) is 15.6. The van der Waals surface area contributed by atoms with E-state index < -0.39 is 0 Å². The predicted octanol–water partition coefficient (Wildman–Crippen LogP) is 39.2. The lowest BCUT2D eigenvalue weighted by atomic mass is 9.95. The largest absolute Gasteiger partial charge is 0.291 e. The van der Waals surface area contributed by atoms with Gasteiger partial charge in [0.25, 0.3) is 0 Å². The average Bonchev–Trinajstić information content (AvgIpc) is 1.55. The maximum atomic E-state index is 5.22. The van der Waals surface area contributed by atoms with Crippen molar-refractivity contribution in [1.82, 2.24) is 28.2 Å². The molecule has 0 bridgehead atoms. The Morgan fingerprint density at radius 3 is 0.837 bits per heavy atom. The van der Waals surface area contributed by atoms with Gasteiger partial charge in [-0.1, -0.05) is 444 Å². The molecule has 0 aliphatic heterocycles. The average molecular weight is 1780 g/mol. The summed E-state index contributed by atoms with van der Waals surface area (Å²) in [5.74, 6) is 0. The number of pyridine rings is 3. The van der Waals surface area contributed by atoms with Gasteiger partial charge in [-0.25, -0.2) is 15.0 Å². The number of imidazole rings is 3. The molecule has 6 aliphatic rings. The number of rotatable bonds is 0. The van der Waals surface area contributed by atoms with E-state index in [9.17, 15) is 0 Å². The highest BCUT2D eigenvalue weighted by Crippen LogP contribution is 2.53. The molecule has 0 atom stereocenters. The van der Waals surface area contributed by atoms with Crippen molar-refractivity contribution in [2.45, 2.75) is 246 Å². The molecular weight excluding hydrogens is 1630 g/mol. The van der Waals surface area contributed by atoms with Crippen LogP contribution in [0.1, 0.15) is 274 Å². The highest BCUT2D eigenvalue weighted by atomic mass is 15.0. The molecule has 696 valence electrons. The maximum absolute atomic E-state index is 5.22. The van der Waals surface area contributed by atoms with Gasteiger partial charge in [0.2, 0.25) is 0 Å². The molecule has 6 heterocycles. The monoisotopic (exact) mass is 1780 g/mol. The normalized spacial score (nSPS) is 11.2. The topological polar surface area (TPSA) is 51.9 Å². The third-order valence-electron chi connectivity index (χ3n) is 24.6. The van der Waals surface area contributed by atoms with Gasteiger partial charge in [0.05, 0.1) is 49.7 Å². The summed E-state index contributed by atoms with van der Waals surface area (Å²) in [5.41, 5.74) is 47.8. The van der Waals surface area contributed by atoms with Crippen LogP contribution in [0, 0.1) is 0 Å². The van der Waals surface area contributed by atoms with Crippen LogP contribution in [0.5, 0.6) is 0 Å². The molecule has 15 aromatic carbocycles. The Morgan fingerprint density at radius 2 is 0.422 bits per heavy atom. The highest BCUT2D eigenvalue weighted by Gasteiger charge is 2.34. The van der Waals surface area contributed by atoms with Crippen LogP contribution in [-0.4, -0.2) is 28.2 Å². The fourth-order valence-corrected chi connectivity index (χ4v) is 20.2. The van der Waals surface area contributed by atoms with Crippen LogP contribution in [0.15, 0.2) is 291 Å².